The molecule has 27 heavy (non-hydrogen) atoms. The van der Waals surface area contributed by atoms with E-state index in [2.05, 4.69) is 12.2 Å². The Morgan fingerprint density at radius 1 is 1.11 bits per heavy atom. The van der Waals surface area contributed by atoms with Gasteiger partial charge in [0.25, 0.3) is 0 Å². The second-order valence-corrected chi connectivity index (χ2v) is 8.51. The number of carbonyl (C=O) groups is 1. The van der Waals surface area contributed by atoms with E-state index < -0.39 is 21.9 Å². The first-order chi connectivity index (χ1) is 12.9. The maximum atomic E-state index is 13.1. The van der Waals surface area contributed by atoms with Crippen LogP contribution in [0.25, 0.3) is 0 Å². The number of rotatable bonds is 6. The first-order valence-electron chi connectivity index (χ1n) is 9.04. The highest BCUT2D eigenvalue weighted by atomic mass is 32.2. The third kappa shape index (κ3) is 4.36. The van der Waals surface area contributed by atoms with Gasteiger partial charge in [-0.15, -0.1) is 0 Å². The number of benzene rings is 2. The van der Waals surface area contributed by atoms with Crippen LogP contribution in [0.3, 0.4) is 0 Å². The second-order valence-electron chi connectivity index (χ2n) is 6.62. The van der Waals surface area contributed by atoms with Crippen molar-refractivity contribution in [3.05, 3.63) is 65.5 Å². The SMILES string of the molecule is CCc1ccc(CNC(=O)[C@@H]2CCCN2S(=O)(=O)c2ccc(F)cc2)cc1. The van der Waals surface area contributed by atoms with E-state index >= 15 is 0 Å². The number of sulfonamides is 1. The molecule has 1 fully saturated rings. The second kappa shape index (κ2) is 8.19. The van der Waals surface area contributed by atoms with Crippen LogP contribution in [-0.4, -0.2) is 31.2 Å². The zero-order valence-electron chi connectivity index (χ0n) is 15.2. The van der Waals surface area contributed by atoms with Gasteiger partial charge in [0.15, 0.2) is 0 Å². The molecule has 0 spiro atoms. The van der Waals surface area contributed by atoms with Gasteiger partial charge in [0.05, 0.1) is 4.90 Å². The first kappa shape index (κ1) is 19.5. The Labute approximate surface area is 159 Å². The van der Waals surface area contributed by atoms with Crippen LogP contribution in [0, 0.1) is 5.82 Å². The standard InChI is InChI=1S/C20H23FN2O3S/c1-2-15-5-7-16(8-6-15)14-22-20(24)19-4-3-13-23(19)27(25,26)18-11-9-17(21)10-12-18/h5-12,19H,2-4,13-14H2,1H3,(H,22,24)/t19-/m0/s1. The lowest BCUT2D eigenvalue weighted by molar-refractivity contribution is -0.124. The number of nitrogens with one attached hydrogen (secondary N) is 1. The summed E-state index contributed by atoms with van der Waals surface area (Å²) in [5.74, 6) is -0.809. The van der Waals surface area contributed by atoms with E-state index in [1.807, 2.05) is 24.3 Å². The van der Waals surface area contributed by atoms with Gasteiger partial charge in [0.1, 0.15) is 11.9 Å². The van der Waals surface area contributed by atoms with Crippen molar-refractivity contribution in [3.63, 3.8) is 0 Å². The van der Waals surface area contributed by atoms with E-state index in [0.29, 0.717) is 19.4 Å². The van der Waals surface area contributed by atoms with Crippen molar-refractivity contribution in [2.45, 2.75) is 43.7 Å². The molecule has 2 aromatic carbocycles. The Hall–Kier alpha value is -2.25. The smallest absolute Gasteiger partial charge is 0.243 e. The number of aryl methyl sites for hydroxylation is 1. The van der Waals surface area contributed by atoms with Gasteiger partial charge in [-0.05, 0) is 54.7 Å². The minimum Gasteiger partial charge on any atom is -0.351 e. The maximum absolute atomic E-state index is 13.1. The van der Waals surface area contributed by atoms with Crippen molar-refractivity contribution >= 4 is 15.9 Å². The van der Waals surface area contributed by atoms with Crippen molar-refractivity contribution in [2.75, 3.05) is 6.54 Å². The van der Waals surface area contributed by atoms with E-state index in [9.17, 15) is 17.6 Å². The molecule has 0 saturated carbocycles. The number of amides is 1. The van der Waals surface area contributed by atoms with Crippen LogP contribution in [0.2, 0.25) is 0 Å². The summed E-state index contributed by atoms with van der Waals surface area (Å²) in [6.07, 6.45) is 2.04. The molecule has 2 aromatic rings. The molecule has 1 heterocycles. The Morgan fingerprint density at radius 2 is 1.74 bits per heavy atom. The third-order valence-corrected chi connectivity index (χ3v) is 6.75. The van der Waals surface area contributed by atoms with Crippen molar-refractivity contribution in [2.24, 2.45) is 0 Å². The minimum atomic E-state index is -3.84. The fourth-order valence-corrected chi connectivity index (χ4v) is 4.89. The Kier molecular flexibility index (Phi) is 5.92. The van der Waals surface area contributed by atoms with Gasteiger partial charge in [0, 0.05) is 13.1 Å². The van der Waals surface area contributed by atoms with Gasteiger partial charge < -0.3 is 5.32 Å². The predicted octanol–water partition coefficient (Wildman–Crippen LogP) is 2.86. The van der Waals surface area contributed by atoms with Crippen molar-refractivity contribution < 1.29 is 17.6 Å². The molecule has 5 nitrogen and oxygen atoms in total. The largest absolute Gasteiger partial charge is 0.351 e. The highest BCUT2D eigenvalue weighted by Crippen LogP contribution is 2.26. The zero-order valence-corrected chi connectivity index (χ0v) is 16.0. The molecule has 1 aliphatic rings. The minimum absolute atomic E-state index is 0.00115. The molecule has 0 radical (unpaired) electrons. The van der Waals surface area contributed by atoms with Crippen LogP contribution in [0.4, 0.5) is 4.39 Å². The summed E-state index contributed by atoms with van der Waals surface area (Å²) in [5.41, 5.74) is 2.18. The van der Waals surface area contributed by atoms with Crippen LogP contribution in [0.5, 0.6) is 0 Å². The van der Waals surface area contributed by atoms with Crippen molar-refractivity contribution in [1.82, 2.24) is 9.62 Å². The third-order valence-electron chi connectivity index (χ3n) is 4.82. The lowest BCUT2D eigenvalue weighted by Gasteiger charge is -2.23. The fraction of sp³-hybridized carbons (Fsp3) is 0.350. The fourth-order valence-electron chi connectivity index (χ4n) is 3.23. The molecule has 7 heteroatoms. The maximum Gasteiger partial charge on any atom is 0.243 e. The molecule has 1 aliphatic heterocycles. The lowest BCUT2D eigenvalue weighted by Crippen LogP contribution is -2.45. The molecule has 1 atom stereocenters. The summed E-state index contributed by atoms with van der Waals surface area (Å²) in [4.78, 5) is 12.6. The van der Waals surface area contributed by atoms with Crippen molar-refractivity contribution in [3.8, 4) is 0 Å². The quantitative estimate of drug-likeness (QED) is 0.825. The molecule has 1 N–H and O–H groups in total. The molecule has 0 aromatic heterocycles. The van der Waals surface area contributed by atoms with Crippen LogP contribution in [0.1, 0.15) is 30.9 Å². The van der Waals surface area contributed by atoms with Gasteiger partial charge in [-0.25, -0.2) is 12.8 Å². The Morgan fingerprint density at radius 3 is 2.37 bits per heavy atom. The van der Waals surface area contributed by atoms with Crippen LogP contribution in [0.15, 0.2) is 53.4 Å². The van der Waals surface area contributed by atoms with Gasteiger partial charge >= 0.3 is 0 Å². The summed E-state index contributed by atoms with van der Waals surface area (Å²) < 4.78 is 40.0. The van der Waals surface area contributed by atoms with E-state index in [1.165, 1.54) is 22.0 Å². The van der Waals surface area contributed by atoms with E-state index in [4.69, 9.17) is 0 Å². The summed E-state index contributed by atoms with van der Waals surface area (Å²) in [6.45, 7) is 2.71. The van der Waals surface area contributed by atoms with Gasteiger partial charge in [-0.2, -0.15) is 4.31 Å². The normalized spacial score (nSPS) is 17.8. The van der Waals surface area contributed by atoms with Gasteiger partial charge in [-0.3, -0.25) is 4.79 Å². The molecular weight excluding hydrogens is 367 g/mol. The molecule has 144 valence electrons. The summed E-state index contributed by atoms with van der Waals surface area (Å²) in [6, 6.07) is 11.9. The summed E-state index contributed by atoms with van der Waals surface area (Å²) in [5, 5.41) is 2.84. The topological polar surface area (TPSA) is 66.5 Å². The predicted molar refractivity (Wildman–Crippen MR) is 101 cm³/mol. The molecule has 1 saturated heterocycles. The number of hydrogen-bond donors (Lipinski definition) is 1. The number of nitrogens with zero attached hydrogens (tertiary/aromatic N) is 1. The highest BCUT2D eigenvalue weighted by molar-refractivity contribution is 7.89. The molecule has 3 rings (SSSR count). The average Bonchev–Trinajstić information content (AvgIpc) is 3.18. The monoisotopic (exact) mass is 390 g/mol. The van der Waals surface area contributed by atoms with E-state index in [-0.39, 0.29) is 17.3 Å². The van der Waals surface area contributed by atoms with Gasteiger partial charge in [0.2, 0.25) is 15.9 Å². The molecule has 1 amide bonds. The van der Waals surface area contributed by atoms with Crippen LogP contribution < -0.4 is 5.32 Å². The Bertz CT molecular complexity index is 896. The molecule has 0 bridgehead atoms. The number of carbonyl (C=O) groups excluding carboxylic acids is 1. The van der Waals surface area contributed by atoms with E-state index in [1.54, 1.807) is 0 Å². The lowest BCUT2D eigenvalue weighted by atomic mass is 10.1. The van der Waals surface area contributed by atoms with Crippen LogP contribution >= 0.6 is 0 Å². The van der Waals surface area contributed by atoms with Crippen LogP contribution in [-0.2, 0) is 27.8 Å². The molecular formula is C20H23FN2O3S. The number of halogens is 1. The number of hydrogen-bond acceptors (Lipinski definition) is 3. The molecule has 0 unspecified atom stereocenters. The zero-order chi connectivity index (χ0) is 19.4. The summed E-state index contributed by atoms with van der Waals surface area (Å²) in [7, 11) is -3.84. The first-order valence-corrected chi connectivity index (χ1v) is 10.5. The van der Waals surface area contributed by atoms with Gasteiger partial charge in [-0.1, -0.05) is 31.2 Å². The summed E-state index contributed by atoms with van der Waals surface area (Å²) >= 11 is 0. The van der Waals surface area contributed by atoms with E-state index in [0.717, 1.165) is 24.1 Å². The van der Waals surface area contributed by atoms with Crippen molar-refractivity contribution in [1.29, 1.82) is 0 Å². The molecule has 0 aliphatic carbocycles. The average molecular weight is 390 g/mol. The highest BCUT2D eigenvalue weighted by Gasteiger charge is 2.39. The Balaban J connectivity index is 1.69.